The van der Waals surface area contributed by atoms with Crippen molar-refractivity contribution in [2.75, 3.05) is 13.6 Å². The van der Waals surface area contributed by atoms with Gasteiger partial charge >= 0.3 is 5.97 Å². The van der Waals surface area contributed by atoms with Gasteiger partial charge in [0, 0.05) is 29.7 Å². The molecule has 0 heterocycles. The minimum absolute atomic E-state index is 0.239. The number of sulfonamides is 1. The van der Waals surface area contributed by atoms with Crippen LogP contribution in [0.4, 0.5) is 5.69 Å². The lowest BCUT2D eigenvalue weighted by Crippen LogP contribution is -2.33. The summed E-state index contributed by atoms with van der Waals surface area (Å²) in [5.41, 5.74) is -0.0156. The fourth-order valence-corrected chi connectivity index (χ4v) is 3.63. The van der Waals surface area contributed by atoms with Crippen molar-refractivity contribution in [1.29, 1.82) is 0 Å². The summed E-state index contributed by atoms with van der Waals surface area (Å²) in [6.45, 7) is 2.63. The summed E-state index contributed by atoms with van der Waals surface area (Å²) in [4.78, 5) is 20.9. The van der Waals surface area contributed by atoms with E-state index in [4.69, 9.17) is 5.11 Å². The second-order valence-electron chi connectivity index (χ2n) is 4.83. The van der Waals surface area contributed by atoms with E-state index in [1.54, 1.807) is 0 Å². The molecule has 1 N–H and O–H groups in total. The van der Waals surface area contributed by atoms with Gasteiger partial charge in [0.2, 0.25) is 10.0 Å². The summed E-state index contributed by atoms with van der Waals surface area (Å²) in [6, 6.07) is 2.23. The first kappa shape index (κ1) is 18.5. The van der Waals surface area contributed by atoms with Crippen LogP contribution in [0, 0.1) is 23.0 Å². The Hall–Kier alpha value is -1.52. The average molecular weight is 395 g/mol. The Balaban J connectivity index is 3.29. The van der Waals surface area contributed by atoms with E-state index in [-0.39, 0.29) is 17.1 Å². The zero-order valence-electron chi connectivity index (χ0n) is 12.1. The van der Waals surface area contributed by atoms with E-state index in [2.05, 4.69) is 15.9 Å². The van der Waals surface area contributed by atoms with E-state index in [1.165, 1.54) is 27.0 Å². The summed E-state index contributed by atoms with van der Waals surface area (Å²) >= 11 is 3.10. The highest BCUT2D eigenvalue weighted by Crippen LogP contribution is 2.31. The van der Waals surface area contributed by atoms with Crippen LogP contribution >= 0.6 is 15.9 Å². The Bertz CT molecular complexity index is 719. The van der Waals surface area contributed by atoms with Gasteiger partial charge in [-0.15, -0.1) is 0 Å². The van der Waals surface area contributed by atoms with E-state index in [0.717, 1.165) is 10.4 Å². The SMILES string of the molecule is Cc1c(Br)cc(S(=O)(=O)N(C)CC(C)C(=O)O)cc1[N+](=O)[O-]. The Morgan fingerprint density at radius 3 is 2.50 bits per heavy atom. The zero-order valence-corrected chi connectivity index (χ0v) is 14.5. The van der Waals surface area contributed by atoms with Crippen molar-refractivity contribution in [3.8, 4) is 0 Å². The molecular formula is C12H15BrN2O6S. The molecule has 1 atom stereocenters. The average Bonchev–Trinajstić information content (AvgIpc) is 2.40. The Morgan fingerprint density at radius 1 is 1.50 bits per heavy atom. The molecule has 0 aromatic heterocycles. The van der Waals surface area contributed by atoms with Gasteiger partial charge in [-0.25, -0.2) is 12.7 Å². The molecule has 1 unspecified atom stereocenters. The first-order valence-electron chi connectivity index (χ1n) is 6.12. The molecule has 0 aliphatic rings. The number of rotatable bonds is 6. The summed E-state index contributed by atoms with van der Waals surface area (Å²) in [5, 5.41) is 19.8. The van der Waals surface area contributed by atoms with E-state index in [1.807, 2.05) is 0 Å². The molecule has 122 valence electrons. The minimum atomic E-state index is -4.03. The number of aliphatic carboxylic acids is 1. The molecule has 0 amide bonds. The summed E-state index contributed by atoms with van der Waals surface area (Å²) in [5.74, 6) is -2.03. The summed E-state index contributed by atoms with van der Waals surface area (Å²) < 4.78 is 26.0. The third kappa shape index (κ3) is 3.81. The van der Waals surface area contributed by atoms with Crippen molar-refractivity contribution >= 4 is 37.6 Å². The van der Waals surface area contributed by atoms with Gasteiger partial charge in [0.1, 0.15) is 0 Å². The molecule has 1 aromatic rings. The van der Waals surface area contributed by atoms with Crippen molar-refractivity contribution in [3.05, 3.63) is 32.3 Å². The predicted octanol–water partition coefficient (Wildman–Crippen LogP) is 2.01. The van der Waals surface area contributed by atoms with Gasteiger partial charge in [0.15, 0.2) is 0 Å². The van der Waals surface area contributed by atoms with Crippen LogP contribution < -0.4 is 0 Å². The van der Waals surface area contributed by atoms with Gasteiger partial charge in [-0.3, -0.25) is 14.9 Å². The number of nitrogens with zero attached hydrogens (tertiary/aromatic N) is 2. The Labute approximate surface area is 136 Å². The Morgan fingerprint density at radius 2 is 2.05 bits per heavy atom. The number of hydrogen-bond acceptors (Lipinski definition) is 5. The van der Waals surface area contributed by atoms with Crippen LogP contribution in [-0.4, -0.2) is 42.3 Å². The van der Waals surface area contributed by atoms with Crippen LogP contribution in [0.1, 0.15) is 12.5 Å². The molecule has 0 aliphatic carbocycles. The molecule has 0 fully saturated rings. The number of nitro groups is 1. The van der Waals surface area contributed by atoms with E-state index < -0.39 is 26.8 Å². The molecule has 8 nitrogen and oxygen atoms in total. The highest BCUT2D eigenvalue weighted by Gasteiger charge is 2.28. The number of benzene rings is 1. The van der Waals surface area contributed by atoms with Crippen LogP contribution in [0.25, 0.3) is 0 Å². The smallest absolute Gasteiger partial charge is 0.307 e. The van der Waals surface area contributed by atoms with Crippen LogP contribution in [-0.2, 0) is 14.8 Å². The van der Waals surface area contributed by atoms with Gasteiger partial charge in [-0.05, 0) is 13.0 Å². The maximum absolute atomic E-state index is 12.4. The molecule has 0 radical (unpaired) electrons. The molecule has 22 heavy (non-hydrogen) atoms. The third-order valence-corrected chi connectivity index (χ3v) is 5.77. The van der Waals surface area contributed by atoms with Gasteiger partial charge in [-0.1, -0.05) is 22.9 Å². The minimum Gasteiger partial charge on any atom is -0.481 e. The van der Waals surface area contributed by atoms with Crippen molar-refractivity contribution in [1.82, 2.24) is 4.31 Å². The fourth-order valence-electron chi connectivity index (χ4n) is 1.72. The third-order valence-electron chi connectivity index (χ3n) is 3.15. The molecule has 10 heteroatoms. The fraction of sp³-hybridized carbons (Fsp3) is 0.417. The second-order valence-corrected chi connectivity index (χ2v) is 7.73. The number of carboxylic acid groups (broad SMARTS) is 1. The second kappa shape index (κ2) is 6.71. The molecule has 0 saturated carbocycles. The molecule has 1 rings (SSSR count). The molecule has 0 aliphatic heterocycles. The van der Waals surface area contributed by atoms with Gasteiger partial charge in [0.25, 0.3) is 5.69 Å². The van der Waals surface area contributed by atoms with E-state index >= 15 is 0 Å². The zero-order chi connectivity index (χ0) is 17.2. The van der Waals surface area contributed by atoms with Crippen LogP contribution in [0.15, 0.2) is 21.5 Å². The lowest BCUT2D eigenvalue weighted by Gasteiger charge is -2.19. The van der Waals surface area contributed by atoms with Crippen molar-refractivity contribution in [3.63, 3.8) is 0 Å². The summed E-state index contributed by atoms with van der Waals surface area (Å²) in [6.07, 6.45) is 0. The van der Waals surface area contributed by atoms with Crippen LogP contribution in [0.2, 0.25) is 0 Å². The van der Waals surface area contributed by atoms with Gasteiger partial charge in [0.05, 0.1) is 15.7 Å². The van der Waals surface area contributed by atoms with Crippen molar-refractivity contribution in [2.24, 2.45) is 5.92 Å². The largest absolute Gasteiger partial charge is 0.481 e. The topological polar surface area (TPSA) is 118 Å². The lowest BCUT2D eigenvalue weighted by molar-refractivity contribution is -0.385. The van der Waals surface area contributed by atoms with E-state index in [9.17, 15) is 23.3 Å². The van der Waals surface area contributed by atoms with E-state index in [0.29, 0.717) is 10.0 Å². The van der Waals surface area contributed by atoms with Crippen molar-refractivity contribution < 1.29 is 23.2 Å². The van der Waals surface area contributed by atoms with Gasteiger partial charge < -0.3 is 5.11 Å². The number of halogens is 1. The lowest BCUT2D eigenvalue weighted by atomic mass is 10.2. The molecule has 0 saturated heterocycles. The quantitative estimate of drug-likeness (QED) is 0.582. The summed E-state index contributed by atoms with van der Waals surface area (Å²) in [7, 11) is -2.80. The monoisotopic (exact) mass is 394 g/mol. The maximum atomic E-state index is 12.4. The number of carbonyl (C=O) groups is 1. The first-order chi connectivity index (χ1) is 9.98. The van der Waals surface area contributed by atoms with Crippen LogP contribution in [0.5, 0.6) is 0 Å². The van der Waals surface area contributed by atoms with Crippen molar-refractivity contribution in [2.45, 2.75) is 18.7 Å². The molecule has 1 aromatic carbocycles. The number of hydrogen-bond donors (Lipinski definition) is 1. The predicted molar refractivity (Wildman–Crippen MR) is 82.1 cm³/mol. The number of nitro benzene ring substituents is 1. The first-order valence-corrected chi connectivity index (χ1v) is 8.35. The normalized spacial score (nSPS) is 13.1. The van der Waals surface area contributed by atoms with Crippen LogP contribution in [0.3, 0.4) is 0 Å². The molecule has 0 spiro atoms. The molecule has 0 bridgehead atoms. The maximum Gasteiger partial charge on any atom is 0.307 e. The standard InChI is InChI=1S/C12H15BrN2O6S/c1-7(12(16)17)6-14(3)22(20,21)9-4-10(13)8(2)11(5-9)15(18)19/h4-5,7H,6H2,1-3H3,(H,16,17). The Kier molecular flexibility index (Phi) is 5.65. The number of carboxylic acids is 1. The highest BCUT2D eigenvalue weighted by molar-refractivity contribution is 9.10. The highest BCUT2D eigenvalue weighted by atomic mass is 79.9. The van der Waals surface area contributed by atoms with Gasteiger partial charge in [-0.2, -0.15) is 0 Å². The molecular weight excluding hydrogens is 380 g/mol.